The number of hydrogen-bond acceptors (Lipinski definition) is 4. The fourth-order valence-corrected chi connectivity index (χ4v) is 5.99. The molecule has 1 aliphatic carbocycles. The van der Waals surface area contributed by atoms with Crippen LogP contribution in [0.15, 0.2) is 11.6 Å². The zero-order chi connectivity index (χ0) is 22.7. The summed E-state index contributed by atoms with van der Waals surface area (Å²) in [6, 6.07) is 0. The highest BCUT2D eigenvalue weighted by Gasteiger charge is 2.34. The number of carbonyl (C=O) groups is 1. The lowest BCUT2D eigenvalue weighted by Gasteiger charge is -2.36. The highest BCUT2D eigenvalue weighted by Crippen LogP contribution is 2.38. The monoisotopic (exact) mass is 454 g/mol. The van der Waals surface area contributed by atoms with Gasteiger partial charge in [-0.05, 0) is 38.5 Å². The number of allylic oxidation sites excluding steroid dienone is 1. The molecule has 0 bridgehead atoms. The molecule has 0 unspecified atom stereocenters. The highest BCUT2D eigenvalue weighted by molar-refractivity contribution is 8.00. The summed E-state index contributed by atoms with van der Waals surface area (Å²) < 4.78 is 5.05. The maximum atomic E-state index is 11.7. The molecular formula is C27H50O3S. The van der Waals surface area contributed by atoms with Gasteiger partial charge in [0.05, 0.1) is 24.4 Å². The Labute approximate surface area is 197 Å². The van der Waals surface area contributed by atoms with Crippen molar-refractivity contribution in [2.45, 2.75) is 135 Å². The van der Waals surface area contributed by atoms with Crippen molar-refractivity contribution < 1.29 is 14.6 Å². The van der Waals surface area contributed by atoms with Gasteiger partial charge in [0, 0.05) is 5.75 Å². The van der Waals surface area contributed by atoms with Gasteiger partial charge in [-0.1, -0.05) is 96.1 Å². The summed E-state index contributed by atoms with van der Waals surface area (Å²) in [4.78, 5) is 11.7. The molecule has 3 atom stereocenters. The quantitative estimate of drug-likeness (QED) is 0.130. The van der Waals surface area contributed by atoms with Gasteiger partial charge in [0.25, 0.3) is 0 Å². The van der Waals surface area contributed by atoms with Gasteiger partial charge in [-0.25, -0.2) is 0 Å². The molecular weight excluding hydrogens is 404 g/mol. The van der Waals surface area contributed by atoms with E-state index in [0.29, 0.717) is 18.9 Å². The van der Waals surface area contributed by atoms with Crippen LogP contribution in [0.4, 0.5) is 0 Å². The Bertz CT molecular complexity index is 477. The number of hydrogen-bond donors (Lipinski definition) is 1. The molecule has 0 aliphatic heterocycles. The molecule has 31 heavy (non-hydrogen) atoms. The van der Waals surface area contributed by atoms with Gasteiger partial charge in [-0.15, -0.1) is 0 Å². The molecule has 3 nitrogen and oxygen atoms in total. The summed E-state index contributed by atoms with van der Waals surface area (Å²) in [6.45, 7) is 6.74. The normalized spacial score (nSPS) is 22.7. The molecule has 0 heterocycles. The van der Waals surface area contributed by atoms with Crippen LogP contribution < -0.4 is 0 Å². The lowest BCUT2D eigenvalue weighted by Crippen LogP contribution is -2.37. The Morgan fingerprint density at radius 2 is 1.61 bits per heavy atom. The fraction of sp³-hybridized carbons (Fsp3) is 0.889. The summed E-state index contributed by atoms with van der Waals surface area (Å²) in [6.07, 6.45) is 22.0. The molecule has 0 radical (unpaired) electrons. The second-order valence-corrected chi connectivity index (χ2v) is 10.4. The first-order chi connectivity index (χ1) is 15.1. The second kappa shape index (κ2) is 19.0. The molecule has 182 valence electrons. The molecule has 1 saturated carbocycles. The van der Waals surface area contributed by atoms with Crippen molar-refractivity contribution in [3.05, 3.63) is 11.6 Å². The fourth-order valence-electron chi connectivity index (χ4n) is 4.60. The van der Waals surface area contributed by atoms with Crippen LogP contribution in [0.25, 0.3) is 0 Å². The number of unbranched alkanes of at least 4 members (excludes halogenated alkanes) is 11. The summed E-state index contributed by atoms with van der Waals surface area (Å²) in [5, 5.41) is 11.0. The van der Waals surface area contributed by atoms with Gasteiger partial charge < -0.3 is 9.84 Å². The predicted octanol–water partition coefficient (Wildman–Crippen LogP) is 7.85. The van der Waals surface area contributed by atoms with E-state index in [4.69, 9.17) is 4.74 Å². The molecule has 0 aromatic rings. The van der Waals surface area contributed by atoms with Crippen molar-refractivity contribution in [3.8, 4) is 0 Å². The van der Waals surface area contributed by atoms with Crippen molar-refractivity contribution in [2.24, 2.45) is 5.92 Å². The average Bonchev–Trinajstić information content (AvgIpc) is 2.76. The van der Waals surface area contributed by atoms with Gasteiger partial charge >= 0.3 is 5.97 Å². The van der Waals surface area contributed by atoms with Crippen molar-refractivity contribution >= 4 is 17.7 Å². The number of carbonyl (C=O) groups excluding carboxylic acids is 1. The number of thioether (sulfide) groups is 1. The van der Waals surface area contributed by atoms with E-state index in [0.717, 1.165) is 31.4 Å². The van der Waals surface area contributed by atoms with Crippen LogP contribution in [0.1, 0.15) is 124 Å². The lowest BCUT2D eigenvalue weighted by atomic mass is 9.81. The molecule has 0 amide bonds. The lowest BCUT2D eigenvalue weighted by molar-refractivity contribution is -0.142. The maximum absolute atomic E-state index is 11.7. The van der Waals surface area contributed by atoms with Crippen molar-refractivity contribution in [1.82, 2.24) is 0 Å². The van der Waals surface area contributed by atoms with Crippen LogP contribution in [0.5, 0.6) is 0 Å². The van der Waals surface area contributed by atoms with Crippen molar-refractivity contribution in [3.63, 3.8) is 0 Å². The minimum absolute atomic E-state index is 0.126. The van der Waals surface area contributed by atoms with Gasteiger partial charge in [-0.3, -0.25) is 4.79 Å². The van der Waals surface area contributed by atoms with Gasteiger partial charge in [0.15, 0.2) is 0 Å². The highest BCUT2D eigenvalue weighted by atomic mass is 32.2. The molecule has 4 heteroatoms. The smallest absolute Gasteiger partial charge is 0.306 e. The first kappa shape index (κ1) is 28.6. The standard InChI is InChI=1S/C27H50O3S/c1-4-7-8-9-10-11-12-13-14-15-16-17-18-24-20-19-23(5-2)26(29)27(24)31-22-21-25(28)30-6-3/h18,23,26-27,29H,4-17,19-22H2,1-3H3/t23-,26+,27+/m0/s1. The SMILES string of the molecule is CCCCCCCCCCCCCC=C1CC[C@H](CC)[C@@H](O)[C@@H]1SCCC(=O)OCC. The van der Waals surface area contributed by atoms with E-state index in [2.05, 4.69) is 19.9 Å². The second-order valence-electron chi connectivity index (χ2n) is 9.15. The number of rotatable bonds is 18. The third-order valence-electron chi connectivity index (χ3n) is 6.61. The Kier molecular flexibility index (Phi) is 17.5. The summed E-state index contributed by atoms with van der Waals surface area (Å²) >= 11 is 1.75. The Morgan fingerprint density at radius 3 is 2.19 bits per heavy atom. The van der Waals surface area contributed by atoms with Gasteiger partial charge in [-0.2, -0.15) is 11.8 Å². The number of ether oxygens (including phenoxy) is 1. The van der Waals surface area contributed by atoms with E-state index in [1.807, 2.05) is 6.92 Å². The average molecular weight is 455 g/mol. The Balaban J connectivity index is 2.27. The van der Waals surface area contributed by atoms with Gasteiger partial charge in [0.2, 0.25) is 0 Å². The summed E-state index contributed by atoms with van der Waals surface area (Å²) in [7, 11) is 0. The minimum Gasteiger partial charge on any atom is -0.466 e. The third kappa shape index (κ3) is 13.0. The maximum Gasteiger partial charge on any atom is 0.306 e. The molecule has 0 aromatic carbocycles. The number of esters is 1. The van der Waals surface area contributed by atoms with E-state index < -0.39 is 0 Å². The molecule has 1 rings (SSSR count). The van der Waals surface area contributed by atoms with Gasteiger partial charge in [0.1, 0.15) is 0 Å². The number of aliphatic hydroxyl groups is 1. The molecule has 0 saturated heterocycles. The van der Waals surface area contributed by atoms with Crippen LogP contribution in [0.3, 0.4) is 0 Å². The largest absolute Gasteiger partial charge is 0.466 e. The third-order valence-corrected chi connectivity index (χ3v) is 7.99. The van der Waals surface area contributed by atoms with Crippen LogP contribution in [0, 0.1) is 5.92 Å². The number of aliphatic hydroxyl groups excluding tert-OH is 1. The first-order valence-corrected chi connectivity index (χ1v) is 14.3. The zero-order valence-corrected chi connectivity index (χ0v) is 21.5. The molecule has 1 fully saturated rings. The Hall–Kier alpha value is -0.480. The zero-order valence-electron chi connectivity index (χ0n) is 20.7. The van der Waals surface area contributed by atoms with Crippen molar-refractivity contribution in [1.29, 1.82) is 0 Å². The van der Waals surface area contributed by atoms with Crippen LogP contribution in [-0.4, -0.2) is 34.8 Å². The van der Waals surface area contributed by atoms with E-state index in [1.54, 1.807) is 11.8 Å². The predicted molar refractivity (Wildman–Crippen MR) is 136 cm³/mol. The van der Waals surface area contributed by atoms with Crippen LogP contribution in [-0.2, 0) is 9.53 Å². The molecule has 0 aromatic heterocycles. The molecule has 0 spiro atoms. The van der Waals surface area contributed by atoms with Crippen LogP contribution in [0.2, 0.25) is 0 Å². The minimum atomic E-state index is -0.283. The first-order valence-electron chi connectivity index (χ1n) is 13.3. The van der Waals surface area contributed by atoms with E-state index in [9.17, 15) is 9.90 Å². The Morgan fingerprint density at radius 1 is 1.00 bits per heavy atom. The van der Waals surface area contributed by atoms with E-state index in [1.165, 1.54) is 76.2 Å². The summed E-state index contributed by atoms with van der Waals surface area (Å²) in [5.74, 6) is 0.991. The van der Waals surface area contributed by atoms with E-state index >= 15 is 0 Å². The summed E-state index contributed by atoms with van der Waals surface area (Å²) in [5.41, 5.74) is 1.41. The molecule has 1 N–H and O–H groups in total. The van der Waals surface area contributed by atoms with Crippen molar-refractivity contribution in [2.75, 3.05) is 12.4 Å². The molecule has 1 aliphatic rings. The topological polar surface area (TPSA) is 46.5 Å². The van der Waals surface area contributed by atoms with Crippen LogP contribution >= 0.6 is 11.8 Å². The van der Waals surface area contributed by atoms with E-state index in [-0.39, 0.29) is 17.3 Å².